The first-order chi connectivity index (χ1) is 7.59. The normalized spacial score (nSPS) is 24.8. The van der Waals surface area contributed by atoms with E-state index in [0.29, 0.717) is 18.5 Å². The summed E-state index contributed by atoms with van der Waals surface area (Å²) in [6, 6.07) is 1.59. The Morgan fingerprint density at radius 2 is 2.38 bits per heavy atom. The van der Waals surface area contributed by atoms with Gasteiger partial charge in [0.25, 0.3) is 5.91 Å². The summed E-state index contributed by atoms with van der Waals surface area (Å²) in [5.41, 5.74) is 1.26. The maximum Gasteiger partial charge on any atom is 0.255 e. The molecule has 1 N–H and O–H groups in total. The molecular formula is C11H15N3O2. The summed E-state index contributed by atoms with van der Waals surface area (Å²) in [6.45, 7) is 4.26. The SMILES string of the molecule is Cc1cc(C(=O)N2CC[C@@H](O)[C@H]2C)cnn1. The minimum atomic E-state index is -0.417. The van der Waals surface area contributed by atoms with E-state index >= 15 is 0 Å². The third-order valence-corrected chi connectivity index (χ3v) is 3.00. The maximum absolute atomic E-state index is 12.1. The molecular weight excluding hydrogens is 206 g/mol. The third kappa shape index (κ3) is 1.90. The molecule has 86 valence electrons. The van der Waals surface area contributed by atoms with Crippen molar-refractivity contribution in [3.05, 3.63) is 23.5 Å². The van der Waals surface area contributed by atoms with Gasteiger partial charge in [-0.15, -0.1) is 0 Å². The number of likely N-dealkylation sites (tertiary alicyclic amines) is 1. The summed E-state index contributed by atoms with van der Waals surface area (Å²) >= 11 is 0. The molecule has 0 saturated carbocycles. The van der Waals surface area contributed by atoms with E-state index in [1.165, 1.54) is 6.20 Å². The van der Waals surface area contributed by atoms with E-state index in [0.717, 1.165) is 5.69 Å². The number of aliphatic hydroxyl groups excluding tert-OH is 1. The molecule has 0 spiro atoms. The number of aryl methyl sites for hydroxylation is 1. The Kier molecular flexibility index (Phi) is 2.87. The van der Waals surface area contributed by atoms with Crippen LogP contribution >= 0.6 is 0 Å². The zero-order valence-corrected chi connectivity index (χ0v) is 9.42. The summed E-state index contributed by atoms with van der Waals surface area (Å²) in [4.78, 5) is 13.8. The van der Waals surface area contributed by atoms with Crippen LogP contribution in [0.1, 0.15) is 29.4 Å². The average Bonchev–Trinajstić information content (AvgIpc) is 2.59. The molecule has 1 saturated heterocycles. The van der Waals surface area contributed by atoms with Gasteiger partial charge in [0, 0.05) is 6.54 Å². The highest BCUT2D eigenvalue weighted by Crippen LogP contribution is 2.19. The fourth-order valence-corrected chi connectivity index (χ4v) is 1.97. The minimum absolute atomic E-state index is 0.0814. The Morgan fingerprint density at radius 1 is 1.62 bits per heavy atom. The fraction of sp³-hybridized carbons (Fsp3) is 0.545. The molecule has 5 nitrogen and oxygen atoms in total. The van der Waals surface area contributed by atoms with Crippen molar-refractivity contribution in [1.82, 2.24) is 15.1 Å². The molecule has 0 unspecified atom stereocenters. The second-order valence-electron chi connectivity index (χ2n) is 4.18. The molecule has 1 amide bonds. The van der Waals surface area contributed by atoms with Crippen molar-refractivity contribution < 1.29 is 9.90 Å². The summed E-state index contributed by atoms with van der Waals surface area (Å²) in [7, 11) is 0. The Balaban J connectivity index is 2.20. The zero-order chi connectivity index (χ0) is 11.7. The molecule has 2 rings (SSSR count). The first-order valence-electron chi connectivity index (χ1n) is 5.38. The molecule has 0 aliphatic carbocycles. The highest BCUT2D eigenvalue weighted by Gasteiger charge is 2.32. The van der Waals surface area contributed by atoms with Gasteiger partial charge in [-0.2, -0.15) is 10.2 Å². The van der Waals surface area contributed by atoms with Gasteiger partial charge in [0.05, 0.1) is 29.6 Å². The van der Waals surface area contributed by atoms with E-state index in [-0.39, 0.29) is 11.9 Å². The Labute approximate surface area is 94.1 Å². The lowest BCUT2D eigenvalue weighted by atomic mass is 10.2. The van der Waals surface area contributed by atoms with Crippen LogP contribution in [0, 0.1) is 6.92 Å². The monoisotopic (exact) mass is 221 g/mol. The van der Waals surface area contributed by atoms with Crippen LogP contribution < -0.4 is 0 Å². The van der Waals surface area contributed by atoms with Crippen molar-refractivity contribution in [2.45, 2.75) is 32.4 Å². The standard InChI is InChI=1S/C11H15N3O2/c1-7-5-9(6-12-13-7)11(16)14-4-3-10(15)8(14)2/h5-6,8,10,15H,3-4H2,1-2H3/t8-,10-/m1/s1. The predicted octanol–water partition coefficient (Wildman–Crippen LogP) is 0.380. The second-order valence-corrected chi connectivity index (χ2v) is 4.18. The van der Waals surface area contributed by atoms with Gasteiger partial charge in [-0.1, -0.05) is 0 Å². The summed E-state index contributed by atoms with van der Waals surface area (Å²) in [5, 5.41) is 17.2. The average molecular weight is 221 g/mol. The zero-order valence-electron chi connectivity index (χ0n) is 9.42. The van der Waals surface area contributed by atoms with Crippen LogP contribution in [0.4, 0.5) is 0 Å². The van der Waals surface area contributed by atoms with E-state index in [4.69, 9.17) is 0 Å². The first kappa shape index (κ1) is 11.0. The van der Waals surface area contributed by atoms with Crippen molar-refractivity contribution in [2.75, 3.05) is 6.54 Å². The highest BCUT2D eigenvalue weighted by atomic mass is 16.3. The molecule has 1 aromatic rings. The van der Waals surface area contributed by atoms with Gasteiger partial charge in [0.2, 0.25) is 0 Å². The molecule has 0 bridgehead atoms. The van der Waals surface area contributed by atoms with Crippen LogP contribution in [-0.4, -0.2) is 44.8 Å². The number of carbonyl (C=O) groups is 1. The molecule has 2 atom stereocenters. The van der Waals surface area contributed by atoms with E-state index < -0.39 is 6.10 Å². The number of aromatic nitrogens is 2. The molecule has 1 aromatic heterocycles. The van der Waals surface area contributed by atoms with Crippen molar-refractivity contribution in [3.8, 4) is 0 Å². The number of nitrogens with zero attached hydrogens (tertiary/aromatic N) is 3. The van der Waals surface area contributed by atoms with Gasteiger partial charge in [-0.3, -0.25) is 4.79 Å². The molecule has 1 aliphatic rings. The van der Waals surface area contributed by atoms with Crippen LogP contribution in [0.5, 0.6) is 0 Å². The van der Waals surface area contributed by atoms with Gasteiger partial charge < -0.3 is 10.0 Å². The van der Waals surface area contributed by atoms with Crippen LogP contribution in [0.25, 0.3) is 0 Å². The van der Waals surface area contributed by atoms with E-state index in [9.17, 15) is 9.90 Å². The van der Waals surface area contributed by atoms with Crippen LogP contribution in [-0.2, 0) is 0 Å². The van der Waals surface area contributed by atoms with Crippen molar-refractivity contribution >= 4 is 5.91 Å². The van der Waals surface area contributed by atoms with Crippen LogP contribution in [0.15, 0.2) is 12.3 Å². The largest absolute Gasteiger partial charge is 0.391 e. The molecule has 16 heavy (non-hydrogen) atoms. The number of hydrogen-bond donors (Lipinski definition) is 1. The van der Waals surface area contributed by atoms with Crippen molar-refractivity contribution in [2.24, 2.45) is 0 Å². The van der Waals surface area contributed by atoms with Crippen molar-refractivity contribution in [3.63, 3.8) is 0 Å². The number of hydrogen-bond acceptors (Lipinski definition) is 4. The highest BCUT2D eigenvalue weighted by molar-refractivity contribution is 5.94. The fourth-order valence-electron chi connectivity index (χ4n) is 1.97. The summed E-state index contributed by atoms with van der Waals surface area (Å²) in [6.07, 6.45) is 1.69. The molecule has 1 aliphatic heterocycles. The second kappa shape index (κ2) is 4.17. The molecule has 2 heterocycles. The molecule has 1 fully saturated rings. The maximum atomic E-state index is 12.1. The predicted molar refractivity (Wildman–Crippen MR) is 57.9 cm³/mol. The van der Waals surface area contributed by atoms with Gasteiger partial charge in [-0.05, 0) is 26.3 Å². The van der Waals surface area contributed by atoms with Gasteiger partial charge >= 0.3 is 0 Å². The molecule has 0 aromatic carbocycles. The molecule has 0 radical (unpaired) electrons. The minimum Gasteiger partial charge on any atom is -0.391 e. The van der Waals surface area contributed by atoms with E-state index in [2.05, 4.69) is 10.2 Å². The Bertz CT molecular complexity index is 408. The van der Waals surface area contributed by atoms with E-state index in [1.54, 1.807) is 17.9 Å². The van der Waals surface area contributed by atoms with Gasteiger partial charge in [-0.25, -0.2) is 0 Å². The van der Waals surface area contributed by atoms with Crippen LogP contribution in [0.2, 0.25) is 0 Å². The third-order valence-electron chi connectivity index (χ3n) is 3.00. The lowest BCUT2D eigenvalue weighted by molar-refractivity contribution is 0.0666. The Morgan fingerprint density at radius 3 is 2.94 bits per heavy atom. The smallest absolute Gasteiger partial charge is 0.255 e. The summed E-state index contributed by atoms with van der Waals surface area (Å²) < 4.78 is 0. The Hall–Kier alpha value is -1.49. The lowest BCUT2D eigenvalue weighted by Gasteiger charge is -2.22. The summed E-state index contributed by atoms with van der Waals surface area (Å²) in [5.74, 6) is -0.0814. The van der Waals surface area contributed by atoms with Gasteiger partial charge in [0.1, 0.15) is 0 Å². The quantitative estimate of drug-likeness (QED) is 0.744. The number of amides is 1. The first-order valence-corrected chi connectivity index (χ1v) is 5.38. The van der Waals surface area contributed by atoms with Crippen LogP contribution in [0.3, 0.4) is 0 Å². The molecule has 5 heteroatoms. The topological polar surface area (TPSA) is 66.3 Å². The number of carbonyl (C=O) groups excluding carboxylic acids is 1. The van der Waals surface area contributed by atoms with Gasteiger partial charge in [0.15, 0.2) is 0 Å². The number of aliphatic hydroxyl groups is 1. The van der Waals surface area contributed by atoms with Crippen molar-refractivity contribution in [1.29, 1.82) is 0 Å². The van der Waals surface area contributed by atoms with E-state index in [1.807, 2.05) is 6.92 Å². The number of rotatable bonds is 1. The lowest BCUT2D eigenvalue weighted by Crippen LogP contribution is -2.37.